The van der Waals surface area contributed by atoms with E-state index in [9.17, 15) is 18.4 Å². The molecule has 0 aliphatic heterocycles. The summed E-state index contributed by atoms with van der Waals surface area (Å²) in [4.78, 5) is 23.2. The van der Waals surface area contributed by atoms with Gasteiger partial charge in [0.05, 0.1) is 6.54 Å². The maximum absolute atomic E-state index is 13.0. The van der Waals surface area contributed by atoms with E-state index in [2.05, 4.69) is 0 Å². The molecule has 1 aromatic heterocycles. The van der Waals surface area contributed by atoms with Crippen LogP contribution in [0.3, 0.4) is 0 Å². The van der Waals surface area contributed by atoms with Gasteiger partial charge in [0.15, 0.2) is 11.6 Å². The summed E-state index contributed by atoms with van der Waals surface area (Å²) in [5.74, 6) is -1.97. The summed E-state index contributed by atoms with van der Waals surface area (Å²) < 4.78 is 28.0. The van der Waals surface area contributed by atoms with Crippen molar-refractivity contribution in [2.45, 2.75) is 6.54 Å². The lowest BCUT2D eigenvalue weighted by atomic mass is 10.2. The van der Waals surface area contributed by atoms with Gasteiger partial charge in [-0.3, -0.25) is 9.36 Å². The normalized spacial score (nSPS) is 10.6. The molecule has 0 unspecified atom stereocenters. The van der Waals surface area contributed by atoms with Crippen LogP contribution >= 0.6 is 0 Å². The number of hydrogen-bond donors (Lipinski definition) is 0. The lowest BCUT2D eigenvalue weighted by molar-refractivity contribution is 0.505. The van der Waals surface area contributed by atoms with Crippen LogP contribution in [-0.4, -0.2) is 9.13 Å². The molecule has 0 atom stereocenters. The average Bonchev–Trinajstić information content (AvgIpc) is 2.34. The van der Waals surface area contributed by atoms with Crippen LogP contribution in [-0.2, 0) is 13.6 Å². The summed E-state index contributed by atoms with van der Waals surface area (Å²) in [5, 5.41) is 0. The highest BCUT2D eigenvalue weighted by atomic mass is 19.2. The Bertz CT molecular complexity index is 704. The van der Waals surface area contributed by atoms with Gasteiger partial charge in [0.2, 0.25) is 0 Å². The number of hydrogen-bond acceptors (Lipinski definition) is 2. The highest BCUT2D eigenvalue weighted by Gasteiger charge is 2.07. The molecule has 0 saturated carbocycles. The molecule has 0 N–H and O–H groups in total. The molecule has 0 amide bonds. The van der Waals surface area contributed by atoms with Gasteiger partial charge in [-0.15, -0.1) is 0 Å². The van der Waals surface area contributed by atoms with Crippen molar-refractivity contribution in [3.8, 4) is 0 Å². The molecular formula is C12H10F2N2O2. The fourth-order valence-electron chi connectivity index (χ4n) is 1.58. The minimum absolute atomic E-state index is 0.0937. The first-order valence-electron chi connectivity index (χ1n) is 5.19. The first-order chi connectivity index (χ1) is 8.49. The van der Waals surface area contributed by atoms with Crippen molar-refractivity contribution in [1.82, 2.24) is 9.13 Å². The van der Waals surface area contributed by atoms with Crippen LogP contribution in [0.5, 0.6) is 0 Å². The fourth-order valence-corrected chi connectivity index (χ4v) is 1.58. The zero-order valence-corrected chi connectivity index (χ0v) is 9.56. The molecule has 0 radical (unpaired) electrons. The van der Waals surface area contributed by atoms with Crippen LogP contribution < -0.4 is 11.2 Å². The van der Waals surface area contributed by atoms with Crippen LogP contribution in [0.4, 0.5) is 8.78 Å². The van der Waals surface area contributed by atoms with Crippen LogP contribution in [0.2, 0.25) is 0 Å². The lowest BCUT2D eigenvalue weighted by Crippen LogP contribution is -2.38. The second-order valence-electron chi connectivity index (χ2n) is 3.88. The molecule has 18 heavy (non-hydrogen) atoms. The molecule has 0 aliphatic carbocycles. The van der Waals surface area contributed by atoms with Crippen molar-refractivity contribution in [2.24, 2.45) is 7.05 Å². The van der Waals surface area contributed by atoms with E-state index >= 15 is 0 Å². The van der Waals surface area contributed by atoms with E-state index < -0.39 is 22.9 Å². The zero-order chi connectivity index (χ0) is 13.3. The number of benzene rings is 1. The maximum atomic E-state index is 13.0. The van der Waals surface area contributed by atoms with E-state index in [1.165, 1.54) is 29.9 Å². The third-order valence-corrected chi connectivity index (χ3v) is 2.56. The van der Waals surface area contributed by atoms with E-state index in [1.807, 2.05) is 0 Å². The topological polar surface area (TPSA) is 44.0 Å². The monoisotopic (exact) mass is 252 g/mol. The van der Waals surface area contributed by atoms with Crippen LogP contribution in [0, 0.1) is 11.6 Å². The van der Waals surface area contributed by atoms with Crippen molar-refractivity contribution < 1.29 is 8.78 Å². The van der Waals surface area contributed by atoms with Gasteiger partial charge in [-0.1, -0.05) is 6.07 Å². The van der Waals surface area contributed by atoms with Crippen LogP contribution in [0.15, 0.2) is 40.1 Å². The molecule has 1 aromatic carbocycles. The van der Waals surface area contributed by atoms with Gasteiger partial charge in [0.1, 0.15) is 0 Å². The lowest BCUT2D eigenvalue weighted by Gasteiger charge is -2.06. The van der Waals surface area contributed by atoms with Gasteiger partial charge in [0.25, 0.3) is 5.56 Å². The molecule has 6 heteroatoms. The van der Waals surface area contributed by atoms with E-state index in [-0.39, 0.29) is 6.54 Å². The van der Waals surface area contributed by atoms with Crippen molar-refractivity contribution in [3.63, 3.8) is 0 Å². The Balaban J connectivity index is 2.46. The first-order valence-corrected chi connectivity index (χ1v) is 5.19. The van der Waals surface area contributed by atoms with Gasteiger partial charge in [-0.25, -0.2) is 13.6 Å². The number of nitrogens with zero attached hydrogens (tertiary/aromatic N) is 2. The van der Waals surface area contributed by atoms with Crippen molar-refractivity contribution in [3.05, 3.63) is 68.5 Å². The summed E-state index contributed by atoms with van der Waals surface area (Å²) in [6.07, 6.45) is 1.35. The van der Waals surface area contributed by atoms with E-state index in [1.54, 1.807) is 0 Å². The Morgan fingerprint density at radius 1 is 1.11 bits per heavy atom. The SMILES string of the molecule is Cn1ccc(=O)n(Cc2ccc(F)c(F)c2)c1=O. The molecule has 1 heterocycles. The van der Waals surface area contributed by atoms with Crippen LogP contribution in [0.25, 0.3) is 0 Å². The third kappa shape index (κ3) is 2.22. The molecule has 0 fully saturated rings. The standard InChI is InChI=1S/C12H10F2N2O2/c1-15-5-4-11(17)16(12(15)18)7-8-2-3-9(13)10(14)6-8/h2-6H,7H2,1H3. The Morgan fingerprint density at radius 3 is 2.50 bits per heavy atom. The minimum Gasteiger partial charge on any atom is -0.303 e. The minimum atomic E-state index is -1.01. The molecule has 2 rings (SSSR count). The van der Waals surface area contributed by atoms with Gasteiger partial charge in [-0.05, 0) is 17.7 Å². The van der Waals surface area contributed by atoms with Crippen molar-refractivity contribution >= 4 is 0 Å². The summed E-state index contributed by atoms with van der Waals surface area (Å²) in [7, 11) is 1.50. The van der Waals surface area contributed by atoms with Gasteiger partial charge in [-0.2, -0.15) is 0 Å². The van der Waals surface area contributed by atoms with Gasteiger partial charge in [0, 0.05) is 19.3 Å². The third-order valence-electron chi connectivity index (χ3n) is 2.56. The molecule has 0 spiro atoms. The molecule has 0 bridgehead atoms. The van der Waals surface area contributed by atoms with Crippen molar-refractivity contribution in [1.29, 1.82) is 0 Å². The Labute approximate surface area is 101 Å². The predicted octanol–water partition coefficient (Wildman–Crippen LogP) is 0.873. The summed E-state index contributed by atoms with van der Waals surface area (Å²) in [6, 6.07) is 4.50. The number of halogens is 2. The summed E-state index contributed by atoms with van der Waals surface area (Å²) in [6.45, 7) is -0.0937. The van der Waals surface area contributed by atoms with E-state index in [0.29, 0.717) is 5.56 Å². The van der Waals surface area contributed by atoms with E-state index in [0.717, 1.165) is 16.7 Å². The summed E-state index contributed by atoms with van der Waals surface area (Å²) >= 11 is 0. The smallest absolute Gasteiger partial charge is 0.303 e. The average molecular weight is 252 g/mol. The largest absolute Gasteiger partial charge is 0.331 e. The Kier molecular flexibility index (Phi) is 3.10. The highest BCUT2D eigenvalue weighted by Crippen LogP contribution is 2.08. The molecule has 0 saturated heterocycles. The van der Waals surface area contributed by atoms with E-state index in [4.69, 9.17) is 0 Å². The first kappa shape index (κ1) is 12.2. The fraction of sp³-hybridized carbons (Fsp3) is 0.167. The van der Waals surface area contributed by atoms with Crippen LogP contribution in [0.1, 0.15) is 5.56 Å². The number of aromatic nitrogens is 2. The van der Waals surface area contributed by atoms with Gasteiger partial charge < -0.3 is 4.57 Å². The maximum Gasteiger partial charge on any atom is 0.331 e. The number of aryl methyl sites for hydroxylation is 1. The number of rotatable bonds is 2. The molecular weight excluding hydrogens is 242 g/mol. The van der Waals surface area contributed by atoms with Gasteiger partial charge >= 0.3 is 5.69 Å². The second-order valence-corrected chi connectivity index (χ2v) is 3.88. The second kappa shape index (κ2) is 4.56. The Hall–Kier alpha value is -2.24. The quantitative estimate of drug-likeness (QED) is 0.796. The zero-order valence-electron chi connectivity index (χ0n) is 9.56. The molecule has 94 valence electrons. The summed E-state index contributed by atoms with van der Waals surface area (Å²) in [5.41, 5.74) is -0.644. The molecule has 2 aromatic rings. The van der Waals surface area contributed by atoms with Crippen molar-refractivity contribution in [2.75, 3.05) is 0 Å². The highest BCUT2D eigenvalue weighted by molar-refractivity contribution is 5.18. The Morgan fingerprint density at radius 2 is 1.83 bits per heavy atom. The predicted molar refractivity (Wildman–Crippen MR) is 61.4 cm³/mol. The molecule has 0 aliphatic rings. The molecule has 4 nitrogen and oxygen atoms in total.